The maximum atomic E-state index is 12.8. The van der Waals surface area contributed by atoms with Crippen LogP contribution in [0.3, 0.4) is 0 Å². The fourth-order valence-electron chi connectivity index (χ4n) is 4.75. The van der Waals surface area contributed by atoms with Gasteiger partial charge < -0.3 is 29.0 Å². The number of carbonyl (C=O) groups excluding carboxylic acids is 2. The highest BCUT2D eigenvalue weighted by Crippen LogP contribution is 2.34. The average Bonchev–Trinajstić information content (AvgIpc) is 3.21. The molecule has 0 radical (unpaired) electrons. The van der Waals surface area contributed by atoms with Crippen LogP contribution in [0.1, 0.15) is 73.3 Å². The molecule has 1 N–H and O–H groups in total. The number of hydrogen-bond acceptors (Lipinski definition) is 7. The summed E-state index contributed by atoms with van der Waals surface area (Å²) < 4.78 is 28.0. The zero-order valence-electron chi connectivity index (χ0n) is 24.8. The van der Waals surface area contributed by atoms with Gasteiger partial charge in [0.05, 0.1) is 25.7 Å². The van der Waals surface area contributed by atoms with Crippen LogP contribution in [0, 0.1) is 23.7 Å². The van der Waals surface area contributed by atoms with Gasteiger partial charge in [-0.05, 0) is 75.5 Å². The molecule has 8 heteroatoms. The molecule has 1 aromatic carbocycles. The molecule has 3 unspecified atom stereocenters. The van der Waals surface area contributed by atoms with E-state index in [9.17, 15) is 9.59 Å². The molecule has 38 heavy (non-hydrogen) atoms. The molecule has 1 heterocycles. The molecule has 8 nitrogen and oxygen atoms in total. The monoisotopic (exact) mass is 535 g/mol. The first-order chi connectivity index (χ1) is 17.8. The fourth-order valence-corrected chi connectivity index (χ4v) is 4.75. The second kappa shape index (κ2) is 14.6. The molecule has 4 atom stereocenters. The Hall–Kier alpha value is -2.48. The normalized spacial score (nSPS) is 19.3. The van der Waals surface area contributed by atoms with Crippen LogP contribution in [-0.4, -0.2) is 57.2 Å². The van der Waals surface area contributed by atoms with E-state index in [1.807, 2.05) is 46.8 Å². The second-order valence-corrected chi connectivity index (χ2v) is 11.9. The predicted molar refractivity (Wildman–Crippen MR) is 148 cm³/mol. The molecular weight excluding hydrogens is 486 g/mol. The first-order valence-corrected chi connectivity index (χ1v) is 13.8. The number of alkyl carbamates (subject to hydrolysis) is 1. The van der Waals surface area contributed by atoms with Crippen molar-refractivity contribution in [3.05, 3.63) is 23.8 Å². The van der Waals surface area contributed by atoms with E-state index in [-0.39, 0.29) is 35.9 Å². The number of nitrogens with one attached hydrogen (secondary N) is 1. The van der Waals surface area contributed by atoms with Crippen molar-refractivity contribution >= 4 is 12.1 Å². The number of ether oxygens (including phenoxy) is 5. The van der Waals surface area contributed by atoms with Crippen LogP contribution in [0.25, 0.3) is 0 Å². The van der Waals surface area contributed by atoms with E-state index in [0.717, 1.165) is 18.4 Å². The average molecular weight is 536 g/mol. The van der Waals surface area contributed by atoms with Gasteiger partial charge in [-0.25, -0.2) is 4.79 Å². The molecule has 216 valence electrons. The maximum Gasteiger partial charge on any atom is 0.408 e. The lowest BCUT2D eigenvalue weighted by atomic mass is 9.81. The molecule has 1 fully saturated rings. The Labute approximate surface area is 229 Å². The maximum absolute atomic E-state index is 12.8. The summed E-state index contributed by atoms with van der Waals surface area (Å²) in [6.07, 6.45) is 1.91. The van der Waals surface area contributed by atoms with Gasteiger partial charge in [0, 0.05) is 20.1 Å². The van der Waals surface area contributed by atoms with Crippen LogP contribution in [0.4, 0.5) is 4.79 Å². The van der Waals surface area contributed by atoms with E-state index in [1.165, 1.54) is 0 Å². The van der Waals surface area contributed by atoms with Crippen molar-refractivity contribution in [2.45, 2.75) is 91.9 Å². The Morgan fingerprint density at radius 1 is 1.11 bits per heavy atom. The number of amides is 1. The quantitative estimate of drug-likeness (QED) is 0.238. The van der Waals surface area contributed by atoms with Gasteiger partial charge >= 0.3 is 12.1 Å². The fraction of sp³-hybridized carbons (Fsp3) is 0.733. The highest BCUT2D eigenvalue weighted by Gasteiger charge is 2.42. The smallest absolute Gasteiger partial charge is 0.408 e. The van der Waals surface area contributed by atoms with E-state index < -0.39 is 11.7 Å². The highest BCUT2D eigenvalue weighted by molar-refractivity contribution is 5.75. The predicted octanol–water partition coefficient (Wildman–Crippen LogP) is 5.80. The van der Waals surface area contributed by atoms with Crippen molar-refractivity contribution in [3.8, 4) is 11.5 Å². The van der Waals surface area contributed by atoms with Crippen LogP contribution in [0.5, 0.6) is 11.5 Å². The minimum absolute atomic E-state index is 0.167. The molecule has 1 amide bonds. The first kappa shape index (κ1) is 31.7. The molecule has 1 aromatic rings. The lowest BCUT2D eigenvalue weighted by Crippen LogP contribution is -2.47. The molecule has 1 aliphatic rings. The van der Waals surface area contributed by atoms with Gasteiger partial charge in [0.2, 0.25) is 0 Å². The standard InChI is InChI=1S/C30H49NO7/c1-19(2)22(15-21-11-12-25(35-9)27(16-21)36-14-10-13-34-8)17-24(31-29(33)38-30(5,6)7)26-18-23(20(3)4)28(32)37-26/h11-12,16,19-20,22-24,26H,10,13-15,17-18H2,1-9H3,(H,31,33)/t22?,23-,24?,26?/m0/s1. The molecule has 1 aliphatic heterocycles. The third-order valence-corrected chi connectivity index (χ3v) is 6.99. The van der Waals surface area contributed by atoms with Crippen LogP contribution in [0.15, 0.2) is 18.2 Å². The third-order valence-electron chi connectivity index (χ3n) is 6.99. The Kier molecular flexibility index (Phi) is 12.2. The highest BCUT2D eigenvalue weighted by atomic mass is 16.6. The zero-order chi connectivity index (χ0) is 28.5. The minimum Gasteiger partial charge on any atom is -0.493 e. The summed E-state index contributed by atoms with van der Waals surface area (Å²) in [5.74, 6) is 1.75. The minimum atomic E-state index is -0.623. The van der Waals surface area contributed by atoms with Crippen molar-refractivity contribution in [3.63, 3.8) is 0 Å². The van der Waals surface area contributed by atoms with Gasteiger partial charge in [-0.15, -0.1) is 0 Å². The molecule has 0 bridgehead atoms. The summed E-state index contributed by atoms with van der Waals surface area (Å²) in [7, 11) is 3.31. The third kappa shape index (κ3) is 10.0. The number of hydrogen-bond donors (Lipinski definition) is 1. The van der Waals surface area contributed by atoms with Crippen LogP contribution >= 0.6 is 0 Å². The van der Waals surface area contributed by atoms with Gasteiger partial charge in [0.1, 0.15) is 11.7 Å². The van der Waals surface area contributed by atoms with Gasteiger partial charge in [-0.3, -0.25) is 4.79 Å². The molecule has 0 spiro atoms. The summed E-state index contributed by atoms with van der Waals surface area (Å²) >= 11 is 0. The van der Waals surface area contributed by atoms with Crippen molar-refractivity contribution in [1.29, 1.82) is 0 Å². The number of benzene rings is 1. The van der Waals surface area contributed by atoms with Crippen molar-refractivity contribution < 1.29 is 33.3 Å². The molecule has 1 saturated heterocycles. The summed E-state index contributed by atoms with van der Waals surface area (Å²) in [6, 6.07) is 5.66. The number of rotatable bonds is 14. The van der Waals surface area contributed by atoms with Crippen molar-refractivity contribution in [2.75, 3.05) is 27.4 Å². The van der Waals surface area contributed by atoms with E-state index in [4.69, 9.17) is 23.7 Å². The molecule has 0 aromatic heterocycles. The first-order valence-electron chi connectivity index (χ1n) is 13.8. The zero-order valence-corrected chi connectivity index (χ0v) is 24.8. The number of esters is 1. The second-order valence-electron chi connectivity index (χ2n) is 11.9. The lowest BCUT2D eigenvalue weighted by molar-refractivity contribution is -0.146. The summed E-state index contributed by atoms with van der Waals surface area (Å²) in [6.45, 7) is 15.1. The van der Waals surface area contributed by atoms with Crippen LogP contribution in [0.2, 0.25) is 0 Å². The Morgan fingerprint density at radius 2 is 1.82 bits per heavy atom. The number of methoxy groups -OCH3 is 2. The summed E-state index contributed by atoms with van der Waals surface area (Å²) in [5.41, 5.74) is 0.493. The van der Waals surface area contributed by atoms with Crippen LogP contribution in [-0.2, 0) is 25.4 Å². The van der Waals surface area contributed by atoms with Crippen molar-refractivity contribution in [1.82, 2.24) is 5.32 Å². The van der Waals surface area contributed by atoms with Crippen molar-refractivity contribution in [2.24, 2.45) is 23.7 Å². The number of carbonyl (C=O) groups is 2. The largest absolute Gasteiger partial charge is 0.493 e. The summed E-state index contributed by atoms with van der Waals surface area (Å²) in [5, 5.41) is 3.04. The van der Waals surface area contributed by atoms with Crippen LogP contribution < -0.4 is 14.8 Å². The van der Waals surface area contributed by atoms with Gasteiger partial charge in [-0.2, -0.15) is 0 Å². The molecule has 2 rings (SSSR count). The van der Waals surface area contributed by atoms with Gasteiger partial charge in [0.25, 0.3) is 0 Å². The lowest BCUT2D eigenvalue weighted by Gasteiger charge is -2.31. The number of cyclic esters (lactones) is 1. The Balaban J connectivity index is 2.23. The van der Waals surface area contributed by atoms with E-state index in [2.05, 4.69) is 25.2 Å². The van der Waals surface area contributed by atoms with Gasteiger partial charge in [0.15, 0.2) is 11.5 Å². The van der Waals surface area contributed by atoms with E-state index in [0.29, 0.717) is 43.5 Å². The van der Waals surface area contributed by atoms with E-state index >= 15 is 0 Å². The molecular formula is C30H49NO7. The van der Waals surface area contributed by atoms with Gasteiger partial charge in [-0.1, -0.05) is 33.8 Å². The topological polar surface area (TPSA) is 92.3 Å². The SMILES string of the molecule is COCCCOc1cc(CC(CC(NC(=O)OC(C)(C)C)C2C[C@@H](C(C)C)C(=O)O2)C(C)C)ccc1OC. The molecule has 0 aliphatic carbocycles. The Bertz CT molecular complexity index is 893. The Morgan fingerprint density at radius 3 is 2.37 bits per heavy atom. The summed E-state index contributed by atoms with van der Waals surface area (Å²) in [4.78, 5) is 25.4. The molecule has 0 saturated carbocycles. The van der Waals surface area contributed by atoms with E-state index in [1.54, 1.807) is 14.2 Å².